The second kappa shape index (κ2) is 7.12. The van der Waals surface area contributed by atoms with Gasteiger partial charge in [0.25, 0.3) is 0 Å². The van der Waals surface area contributed by atoms with Crippen molar-refractivity contribution in [2.75, 3.05) is 11.5 Å². The topological polar surface area (TPSA) is 29.1 Å². The molecule has 0 heterocycles. The zero-order valence-corrected chi connectivity index (χ0v) is 10.3. The first kappa shape index (κ1) is 12.8. The molecule has 1 rings (SSSR count). The van der Waals surface area contributed by atoms with E-state index >= 15 is 0 Å². The lowest BCUT2D eigenvalue weighted by Crippen LogP contribution is -2.28. The number of rotatable bonds is 6. The Balaban J connectivity index is 2.36. The minimum Gasteiger partial charge on any atom is -0.349 e. The van der Waals surface area contributed by atoms with E-state index in [1.807, 2.05) is 37.3 Å². The van der Waals surface area contributed by atoms with Crippen molar-refractivity contribution in [1.82, 2.24) is 5.32 Å². The lowest BCUT2D eigenvalue weighted by atomic mass is 10.1. The molecule has 0 radical (unpaired) electrons. The highest BCUT2D eigenvalue weighted by Crippen LogP contribution is 2.11. The molecule has 3 heteroatoms. The van der Waals surface area contributed by atoms with Crippen molar-refractivity contribution in [1.29, 1.82) is 0 Å². The van der Waals surface area contributed by atoms with Gasteiger partial charge in [0.2, 0.25) is 5.91 Å². The monoisotopic (exact) mass is 235 g/mol. The van der Waals surface area contributed by atoms with Gasteiger partial charge in [-0.2, -0.15) is 0 Å². The first-order chi connectivity index (χ1) is 7.74. The molecular weight excluding hydrogens is 218 g/mol. The maximum absolute atomic E-state index is 11.5. The van der Waals surface area contributed by atoms with E-state index in [0.717, 1.165) is 11.3 Å². The summed E-state index contributed by atoms with van der Waals surface area (Å²) in [4.78, 5) is 11.5. The van der Waals surface area contributed by atoms with E-state index < -0.39 is 0 Å². The van der Waals surface area contributed by atoms with E-state index in [0.29, 0.717) is 5.75 Å². The Hall–Kier alpha value is -1.22. The maximum atomic E-state index is 11.5. The fraction of sp³-hybridized carbons (Fsp3) is 0.308. The number of hydrogen-bond acceptors (Lipinski definition) is 2. The summed E-state index contributed by atoms with van der Waals surface area (Å²) in [7, 11) is 0. The lowest BCUT2D eigenvalue weighted by molar-refractivity contribution is -0.119. The van der Waals surface area contributed by atoms with Gasteiger partial charge in [-0.15, -0.1) is 18.3 Å². The Morgan fingerprint density at radius 1 is 1.50 bits per heavy atom. The third kappa shape index (κ3) is 4.53. The minimum atomic E-state index is 0.0676. The molecule has 0 aliphatic heterocycles. The molecule has 2 nitrogen and oxygen atoms in total. The number of nitrogens with one attached hydrogen (secondary N) is 1. The molecule has 0 aromatic heterocycles. The Morgan fingerprint density at radius 3 is 2.81 bits per heavy atom. The van der Waals surface area contributed by atoms with E-state index in [-0.39, 0.29) is 11.9 Å². The zero-order valence-electron chi connectivity index (χ0n) is 9.48. The third-order valence-electron chi connectivity index (χ3n) is 2.15. The molecule has 0 aliphatic carbocycles. The summed E-state index contributed by atoms with van der Waals surface area (Å²) >= 11 is 1.57. The van der Waals surface area contributed by atoms with Crippen LogP contribution in [0.25, 0.3) is 0 Å². The molecule has 16 heavy (non-hydrogen) atoms. The van der Waals surface area contributed by atoms with Crippen molar-refractivity contribution < 1.29 is 4.79 Å². The van der Waals surface area contributed by atoms with Gasteiger partial charge in [-0.1, -0.05) is 36.4 Å². The van der Waals surface area contributed by atoms with E-state index in [4.69, 9.17) is 0 Å². The molecule has 1 aromatic carbocycles. The number of hydrogen-bond donors (Lipinski definition) is 1. The standard InChI is InChI=1S/C13H17NOS/c1-3-9-16-10-13(15)14-11(2)12-7-5-4-6-8-12/h3-8,11H,1,9-10H2,2H3,(H,14,15). The molecule has 1 N–H and O–H groups in total. The SMILES string of the molecule is C=CCSCC(=O)NC(C)c1ccccc1. The fourth-order valence-electron chi connectivity index (χ4n) is 1.34. The molecule has 0 spiro atoms. The quantitative estimate of drug-likeness (QED) is 0.607. The van der Waals surface area contributed by atoms with Crippen molar-refractivity contribution >= 4 is 17.7 Å². The number of amides is 1. The summed E-state index contributed by atoms with van der Waals surface area (Å²) in [6.07, 6.45) is 1.80. The van der Waals surface area contributed by atoms with Crippen LogP contribution < -0.4 is 5.32 Å². The normalized spacial score (nSPS) is 11.8. The zero-order chi connectivity index (χ0) is 11.8. The van der Waals surface area contributed by atoms with Crippen LogP contribution in [-0.4, -0.2) is 17.4 Å². The average molecular weight is 235 g/mol. The van der Waals surface area contributed by atoms with Crippen LogP contribution in [-0.2, 0) is 4.79 Å². The summed E-state index contributed by atoms with van der Waals surface area (Å²) in [5.74, 6) is 1.37. The van der Waals surface area contributed by atoms with Crippen LogP contribution in [0.1, 0.15) is 18.5 Å². The summed E-state index contributed by atoms with van der Waals surface area (Å²) in [6.45, 7) is 5.60. The van der Waals surface area contributed by atoms with Crippen molar-refractivity contribution in [3.05, 3.63) is 48.6 Å². The molecule has 1 aromatic rings. The smallest absolute Gasteiger partial charge is 0.230 e. The van der Waals surface area contributed by atoms with Gasteiger partial charge in [-0.25, -0.2) is 0 Å². The highest BCUT2D eigenvalue weighted by Gasteiger charge is 2.08. The predicted molar refractivity (Wildman–Crippen MR) is 70.5 cm³/mol. The molecule has 0 aliphatic rings. The molecule has 1 atom stereocenters. The van der Waals surface area contributed by atoms with Crippen LogP contribution in [0.4, 0.5) is 0 Å². The first-order valence-electron chi connectivity index (χ1n) is 5.27. The molecule has 1 amide bonds. The molecule has 0 saturated heterocycles. The van der Waals surface area contributed by atoms with Gasteiger partial charge in [0.05, 0.1) is 11.8 Å². The van der Waals surface area contributed by atoms with Crippen LogP contribution in [0.5, 0.6) is 0 Å². The number of thioether (sulfide) groups is 1. The molecule has 1 unspecified atom stereocenters. The fourth-order valence-corrected chi connectivity index (χ4v) is 1.90. The van der Waals surface area contributed by atoms with Crippen LogP contribution >= 0.6 is 11.8 Å². The van der Waals surface area contributed by atoms with Gasteiger partial charge in [-0.3, -0.25) is 4.79 Å². The predicted octanol–water partition coefficient (Wildman–Crippen LogP) is 2.78. The molecule has 86 valence electrons. The van der Waals surface area contributed by atoms with Crippen LogP contribution in [0, 0.1) is 0 Å². The van der Waals surface area contributed by atoms with Crippen LogP contribution in [0.3, 0.4) is 0 Å². The Kier molecular flexibility index (Phi) is 5.72. The Labute approximate surface area is 101 Å². The average Bonchev–Trinajstić information content (AvgIpc) is 2.30. The van der Waals surface area contributed by atoms with Gasteiger partial charge in [0.1, 0.15) is 0 Å². The van der Waals surface area contributed by atoms with E-state index in [9.17, 15) is 4.79 Å². The molecule has 0 bridgehead atoms. The second-order valence-electron chi connectivity index (χ2n) is 3.50. The van der Waals surface area contributed by atoms with E-state index in [1.165, 1.54) is 0 Å². The van der Waals surface area contributed by atoms with E-state index in [2.05, 4.69) is 11.9 Å². The van der Waals surface area contributed by atoms with Crippen LogP contribution in [0.15, 0.2) is 43.0 Å². The number of carbonyl (C=O) groups is 1. The maximum Gasteiger partial charge on any atom is 0.230 e. The number of carbonyl (C=O) groups excluding carboxylic acids is 1. The van der Waals surface area contributed by atoms with Gasteiger partial charge in [0.15, 0.2) is 0 Å². The van der Waals surface area contributed by atoms with Crippen molar-refractivity contribution in [2.45, 2.75) is 13.0 Å². The molecule has 0 saturated carbocycles. The lowest BCUT2D eigenvalue weighted by Gasteiger charge is -2.13. The van der Waals surface area contributed by atoms with Gasteiger partial charge < -0.3 is 5.32 Å². The van der Waals surface area contributed by atoms with Crippen molar-refractivity contribution in [2.24, 2.45) is 0 Å². The first-order valence-corrected chi connectivity index (χ1v) is 6.42. The van der Waals surface area contributed by atoms with Gasteiger partial charge in [0, 0.05) is 5.75 Å². The number of benzene rings is 1. The van der Waals surface area contributed by atoms with E-state index in [1.54, 1.807) is 17.8 Å². The molecule has 0 fully saturated rings. The third-order valence-corrected chi connectivity index (χ3v) is 3.08. The highest BCUT2D eigenvalue weighted by molar-refractivity contribution is 8.00. The summed E-state index contributed by atoms with van der Waals surface area (Å²) in [5, 5.41) is 2.96. The Bertz CT molecular complexity index is 337. The second-order valence-corrected chi connectivity index (χ2v) is 4.53. The van der Waals surface area contributed by atoms with Crippen molar-refractivity contribution in [3.8, 4) is 0 Å². The summed E-state index contributed by atoms with van der Waals surface area (Å²) < 4.78 is 0. The Morgan fingerprint density at radius 2 is 2.19 bits per heavy atom. The van der Waals surface area contributed by atoms with Gasteiger partial charge in [-0.05, 0) is 12.5 Å². The van der Waals surface area contributed by atoms with Crippen LogP contribution in [0.2, 0.25) is 0 Å². The minimum absolute atomic E-state index is 0.0676. The highest BCUT2D eigenvalue weighted by atomic mass is 32.2. The largest absolute Gasteiger partial charge is 0.349 e. The summed E-state index contributed by atoms with van der Waals surface area (Å²) in [6, 6.07) is 10.0. The van der Waals surface area contributed by atoms with Gasteiger partial charge >= 0.3 is 0 Å². The van der Waals surface area contributed by atoms with Crippen molar-refractivity contribution in [3.63, 3.8) is 0 Å². The molecular formula is C13H17NOS. The summed E-state index contributed by atoms with van der Waals surface area (Å²) in [5.41, 5.74) is 1.13.